The maximum Gasteiger partial charge on any atom is 0.265 e. The monoisotopic (exact) mass is 346 g/mol. The fourth-order valence-corrected chi connectivity index (χ4v) is 2.96. The lowest BCUT2D eigenvalue weighted by Crippen LogP contribution is -2.14. The predicted molar refractivity (Wildman–Crippen MR) is 83.6 cm³/mol. The summed E-state index contributed by atoms with van der Waals surface area (Å²) in [6.45, 7) is 1.77. The SMILES string of the molecule is CNc1ncc(S(=O)(=O)Nc2cc(Cl)c(C)cc2Cl)cn1. The van der Waals surface area contributed by atoms with Gasteiger partial charge in [-0.2, -0.15) is 0 Å². The highest BCUT2D eigenvalue weighted by Crippen LogP contribution is 2.30. The smallest absolute Gasteiger partial charge is 0.265 e. The van der Waals surface area contributed by atoms with Crippen molar-refractivity contribution >= 4 is 44.9 Å². The van der Waals surface area contributed by atoms with Gasteiger partial charge in [0.15, 0.2) is 0 Å². The zero-order valence-corrected chi connectivity index (χ0v) is 13.5. The molecule has 2 N–H and O–H groups in total. The lowest BCUT2D eigenvalue weighted by atomic mass is 10.2. The van der Waals surface area contributed by atoms with Gasteiger partial charge in [-0.1, -0.05) is 23.2 Å². The Kier molecular flexibility index (Phi) is 4.55. The number of halogens is 2. The second kappa shape index (κ2) is 6.05. The standard InChI is InChI=1S/C12H12Cl2N4O2S/c1-7-3-10(14)11(4-9(7)13)18-21(19,20)8-5-16-12(15-2)17-6-8/h3-6,18H,1-2H3,(H,15,16,17). The Hall–Kier alpha value is -1.57. The van der Waals surface area contributed by atoms with Crippen LogP contribution in [-0.2, 0) is 10.0 Å². The third-order valence-electron chi connectivity index (χ3n) is 2.65. The Bertz CT molecular complexity index is 764. The van der Waals surface area contributed by atoms with Crippen LogP contribution >= 0.6 is 23.2 Å². The first-order chi connectivity index (χ1) is 9.83. The van der Waals surface area contributed by atoms with Gasteiger partial charge in [0.2, 0.25) is 5.95 Å². The Morgan fingerprint density at radius 2 is 1.71 bits per heavy atom. The summed E-state index contributed by atoms with van der Waals surface area (Å²) in [5, 5.41) is 3.38. The molecule has 112 valence electrons. The van der Waals surface area contributed by atoms with E-state index in [-0.39, 0.29) is 15.6 Å². The van der Waals surface area contributed by atoms with Gasteiger partial charge in [-0.05, 0) is 24.6 Å². The molecule has 2 rings (SSSR count). The number of sulfonamides is 1. The van der Waals surface area contributed by atoms with Crippen molar-refractivity contribution in [3.63, 3.8) is 0 Å². The molecule has 0 aliphatic rings. The van der Waals surface area contributed by atoms with Crippen LogP contribution in [0.25, 0.3) is 0 Å². The van der Waals surface area contributed by atoms with Gasteiger partial charge in [-0.15, -0.1) is 0 Å². The van der Waals surface area contributed by atoms with Crippen LogP contribution in [0.4, 0.5) is 11.6 Å². The van der Waals surface area contributed by atoms with Crippen molar-refractivity contribution in [2.45, 2.75) is 11.8 Å². The first kappa shape index (κ1) is 15.8. The zero-order chi connectivity index (χ0) is 15.6. The number of aryl methyl sites for hydroxylation is 1. The van der Waals surface area contributed by atoms with Crippen LogP contribution in [0.3, 0.4) is 0 Å². The molecule has 6 nitrogen and oxygen atoms in total. The van der Waals surface area contributed by atoms with Crippen LogP contribution in [0.2, 0.25) is 10.0 Å². The topological polar surface area (TPSA) is 84.0 Å². The van der Waals surface area contributed by atoms with Gasteiger partial charge < -0.3 is 5.32 Å². The molecular formula is C12H12Cl2N4O2S. The molecule has 0 spiro atoms. The van der Waals surface area contributed by atoms with Crippen LogP contribution in [0.1, 0.15) is 5.56 Å². The fraction of sp³-hybridized carbons (Fsp3) is 0.167. The van der Waals surface area contributed by atoms with Crippen LogP contribution in [0.15, 0.2) is 29.4 Å². The number of benzene rings is 1. The van der Waals surface area contributed by atoms with E-state index >= 15 is 0 Å². The molecule has 0 atom stereocenters. The molecule has 2 aromatic rings. The molecule has 0 saturated carbocycles. The summed E-state index contributed by atoms with van der Waals surface area (Å²) in [6.07, 6.45) is 2.40. The van der Waals surface area contributed by atoms with E-state index in [1.165, 1.54) is 18.5 Å². The molecule has 9 heteroatoms. The number of anilines is 2. The van der Waals surface area contributed by atoms with E-state index in [0.29, 0.717) is 11.0 Å². The van der Waals surface area contributed by atoms with Crippen LogP contribution in [0.5, 0.6) is 0 Å². The molecule has 0 fully saturated rings. The number of nitrogens with zero attached hydrogens (tertiary/aromatic N) is 2. The third kappa shape index (κ3) is 3.55. The summed E-state index contributed by atoms with van der Waals surface area (Å²) in [4.78, 5) is 7.64. The molecule has 0 amide bonds. The zero-order valence-electron chi connectivity index (χ0n) is 11.2. The quantitative estimate of drug-likeness (QED) is 0.888. The predicted octanol–water partition coefficient (Wildman–Crippen LogP) is 2.93. The van der Waals surface area contributed by atoms with Crippen molar-refractivity contribution < 1.29 is 8.42 Å². The van der Waals surface area contributed by atoms with Gasteiger partial charge in [-0.3, -0.25) is 4.72 Å². The number of hydrogen-bond acceptors (Lipinski definition) is 5. The molecule has 1 aromatic carbocycles. The van der Waals surface area contributed by atoms with Gasteiger partial charge in [0, 0.05) is 12.1 Å². The average molecular weight is 347 g/mol. The minimum atomic E-state index is -3.84. The summed E-state index contributed by atoms with van der Waals surface area (Å²) in [7, 11) is -2.20. The van der Waals surface area contributed by atoms with E-state index in [1.54, 1.807) is 20.0 Å². The Labute approximate surface area is 132 Å². The second-order valence-corrected chi connectivity index (χ2v) is 6.68. The van der Waals surface area contributed by atoms with Gasteiger partial charge >= 0.3 is 0 Å². The summed E-state index contributed by atoms with van der Waals surface area (Å²) in [5.41, 5.74) is 0.955. The molecule has 21 heavy (non-hydrogen) atoms. The maximum absolute atomic E-state index is 12.2. The minimum absolute atomic E-state index is 0.0748. The highest BCUT2D eigenvalue weighted by molar-refractivity contribution is 7.92. The Morgan fingerprint density at radius 3 is 2.29 bits per heavy atom. The number of aromatic nitrogens is 2. The normalized spacial score (nSPS) is 11.2. The van der Waals surface area contributed by atoms with E-state index < -0.39 is 10.0 Å². The van der Waals surface area contributed by atoms with Gasteiger partial charge in [0.25, 0.3) is 10.0 Å². The van der Waals surface area contributed by atoms with Crippen molar-refractivity contribution in [3.05, 3.63) is 40.1 Å². The molecule has 0 radical (unpaired) electrons. The fourth-order valence-electron chi connectivity index (χ4n) is 1.51. The minimum Gasteiger partial charge on any atom is -0.357 e. The van der Waals surface area contributed by atoms with Crippen LogP contribution < -0.4 is 10.0 Å². The molecule has 0 unspecified atom stereocenters. The van der Waals surface area contributed by atoms with E-state index in [1.807, 2.05) is 0 Å². The van der Waals surface area contributed by atoms with Crippen LogP contribution in [-0.4, -0.2) is 25.4 Å². The molecule has 0 aliphatic heterocycles. The van der Waals surface area contributed by atoms with E-state index in [2.05, 4.69) is 20.0 Å². The summed E-state index contributed by atoms with van der Waals surface area (Å²) >= 11 is 12.0. The average Bonchev–Trinajstić information content (AvgIpc) is 2.44. The lowest BCUT2D eigenvalue weighted by molar-refractivity contribution is 0.600. The Morgan fingerprint density at radius 1 is 1.10 bits per heavy atom. The number of rotatable bonds is 4. The third-order valence-corrected chi connectivity index (χ3v) is 4.69. The van der Waals surface area contributed by atoms with Gasteiger partial charge in [-0.25, -0.2) is 18.4 Å². The molecule has 0 bridgehead atoms. The first-order valence-corrected chi connectivity index (χ1v) is 8.05. The number of hydrogen-bond donors (Lipinski definition) is 2. The van der Waals surface area contributed by atoms with Crippen molar-refractivity contribution in [1.82, 2.24) is 9.97 Å². The van der Waals surface area contributed by atoms with Crippen molar-refractivity contribution in [1.29, 1.82) is 0 Å². The highest BCUT2D eigenvalue weighted by Gasteiger charge is 2.17. The van der Waals surface area contributed by atoms with Crippen molar-refractivity contribution in [2.24, 2.45) is 0 Å². The molecular weight excluding hydrogens is 335 g/mol. The van der Waals surface area contributed by atoms with E-state index in [0.717, 1.165) is 5.56 Å². The summed E-state index contributed by atoms with van der Waals surface area (Å²) in [6, 6.07) is 3.04. The number of nitrogens with one attached hydrogen (secondary N) is 2. The van der Waals surface area contributed by atoms with Crippen molar-refractivity contribution in [3.8, 4) is 0 Å². The molecule has 0 saturated heterocycles. The first-order valence-electron chi connectivity index (χ1n) is 5.82. The van der Waals surface area contributed by atoms with Crippen molar-refractivity contribution in [2.75, 3.05) is 17.1 Å². The molecule has 1 heterocycles. The van der Waals surface area contributed by atoms with E-state index in [9.17, 15) is 8.42 Å². The highest BCUT2D eigenvalue weighted by atomic mass is 35.5. The maximum atomic E-state index is 12.2. The Balaban J connectivity index is 2.34. The van der Waals surface area contributed by atoms with Gasteiger partial charge in [0.1, 0.15) is 4.90 Å². The lowest BCUT2D eigenvalue weighted by Gasteiger charge is -2.11. The second-order valence-electron chi connectivity index (χ2n) is 4.18. The molecule has 0 aliphatic carbocycles. The largest absolute Gasteiger partial charge is 0.357 e. The summed E-state index contributed by atoms with van der Waals surface area (Å²) < 4.78 is 26.8. The summed E-state index contributed by atoms with van der Waals surface area (Å²) in [5.74, 6) is 0.324. The van der Waals surface area contributed by atoms with E-state index in [4.69, 9.17) is 23.2 Å². The van der Waals surface area contributed by atoms with Gasteiger partial charge in [0.05, 0.1) is 23.1 Å². The van der Waals surface area contributed by atoms with Crippen LogP contribution in [0, 0.1) is 6.92 Å². The molecule has 1 aromatic heterocycles.